The molecule has 0 amide bonds. The Morgan fingerprint density at radius 2 is 1.84 bits per heavy atom. The molecule has 0 aliphatic heterocycles. The molecule has 124 valence electrons. The first-order chi connectivity index (χ1) is 12.2. The van der Waals surface area contributed by atoms with Crippen molar-refractivity contribution in [3.05, 3.63) is 60.9 Å². The molecule has 4 aromatic rings. The van der Waals surface area contributed by atoms with Crippen LogP contribution in [0, 0.1) is 0 Å². The Hall–Kier alpha value is -3.61. The number of para-hydroxylation sites is 2. The van der Waals surface area contributed by atoms with Crippen LogP contribution >= 0.6 is 0 Å². The zero-order chi connectivity index (χ0) is 17.2. The smallest absolute Gasteiger partial charge is 0.229 e. The maximum absolute atomic E-state index is 9.88. The number of benzene rings is 2. The average Bonchev–Trinajstić information content (AvgIpc) is 3.07. The van der Waals surface area contributed by atoms with Gasteiger partial charge in [-0.1, -0.05) is 12.1 Å². The molecule has 0 bridgehead atoms. The fraction of sp³-hybridized carbons (Fsp3) is 0.0556. The lowest BCUT2D eigenvalue weighted by Gasteiger charge is -2.08. The number of hydrogen-bond donors (Lipinski definition) is 2. The van der Waals surface area contributed by atoms with Crippen LogP contribution in [0.5, 0.6) is 11.5 Å². The van der Waals surface area contributed by atoms with Crippen LogP contribution in [0.3, 0.4) is 0 Å². The Bertz CT molecular complexity index is 1030. The zero-order valence-corrected chi connectivity index (χ0v) is 13.4. The topological polar surface area (TPSA) is 85.1 Å². The summed E-state index contributed by atoms with van der Waals surface area (Å²) in [5.74, 6) is 1.29. The van der Waals surface area contributed by atoms with Gasteiger partial charge in [0.1, 0.15) is 11.5 Å². The van der Waals surface area contributed by atoms with Crippen LogP contribution in [0.15, 0.2) is 60.9 Å². The molecule has 2 N–H and O–H groups in total. The largest absolute Gasteiger partial charge is 0.506 e. The van der Waals surface area contributed by atoms with Gasteiger partial charge in [0.2, 0.25) is 5.95 Å². The standard InChI is InChI=1S/C18H15N5O2/c1-25-14-8-6-13(7-9-14)23-17-12(11-20-23)10-19-18(22-17)21-15-4-2-3-5-16(15)24/h2-11,24H,1H3,(H,19,21,22). The van der Waals surface area contributed by atoms with Gasteiger partial charge in [0.05, 0.1) is 30.1 Å². The van der Waals surface area contributed by atoms with Crippen LogP contribution < -0.4 is 10.1 Å². The predicted octanol–water partition coefficient (Wildman–Crippen LogP) is 3.27. The Kier molecular flexibility index (Phi) is 3.66. The number of ether oxygens (including phenoxy) is 1. The van der Waals surface area contributed by atoms with Crippen LogP contribution in [0.2, 0.25) is 0 Å². The van der Waals surface area contributed by atoms with Gasteiger partial charge in [-0.25, -0.2) is 9.67 Å². The summed E-state index contributed by atoms with van der Waals surface area (Å²) >= 11 is 0. The Balaban J connectivity index is 1.73. The zero-order valence-electron chi connectivity index (χ0n) is 13.4. The van der Waals surface area contributed by atoms with Crippen LogP contribution in [0.4, 0.5) is 11.6 Å². The van der Waals surface area contributed by atoms with Gasteiger partial charge in [0.25, 0.3) is 0 Å². The monoisotopic (exact) mass is 333 g/mol. The van der Waals surface area contributed by atoms with Gasteiger partial charge < -0.3 is 15.2 Å². The molecule has 4 rings (SSSR count). The first kappa shape index (κ1) is 14.9. The normalized spacial score (nSPS) is 10.8. The van der Waals surface area contributed by atoms with Gasteiger partial charge in [0, 0.05) is 6.20 Å². The minimum absolute atomic E-state index is 0.134. The minimum atomic E-state index is 0.134. The second-order valence-electron chi connectivity index (χ2n) is 5.37. The summed E-state index contributed by atoms with van der Waals surface area (Å²) in [6, 6.07) is 14.5. The molecule has 0 aliphatic carbocycles. The first-order valence-electron chi connectivity index (χ1n) is 7.65. The van der Waals surface area contributed by atoms with Gasteiger partial charge >= 0.3 is 0 Å². The molecule has 0 atom stereocenters. The van der Waals surface area contributed by atoms with Crippen LogP contribution in [0.25, 0.3) is 16.7 Å². The number of hydrogen-bond acceptors (Lipinski definition) is 6. The second-order valence-corrected chi connectivity index (χ2v) is 5.37. The van der Waals surface area contributed by atoms with Gasteiger partial charge in [0.15, 0.2) is 5.65 Å². The highest BCUT2D eigenvalue weighted by atomic mass is 16.5. The molecule has 2 aromatic heterocycles. The third kappa shape index (κ3) is 2.83. The Morgan fingerprint density at radius 3 is 2.60 bits per heavy atom. The van der Waals surface area contributed by atoms with E-state index in [4.69, 9.17) is 4.74 Å². The molecule has 2 aromatic carbocycles. The summed E-state index contributed by atoms with van der Waals surface area (Å²) in [7, 11) is 1.63. The summed E-state index contributed by atoms with van der Waals surface area (Å²) in [4.78, 5) is 8.80. The molecule has 0 aliphatic rings. The summed E-state index contributed by atoms with van der Waals surface area (Å²) in [5, 5.41) is 18.1. The Labute approximate surface area is 143 Å². The number of fused-ring (bicyclic) bond motifs is 1. The molecule has 0 saturated heterocycles. The Morgan fingerprint density at radius 1 is 1.04 bits per heavy atom. The van der Waals surface area contributed by atoms with Gasteiger partial charge in [-0.05, 0) is 36.4 Å². The summed E-state index contributed by atoms with van der Waals surface area (Å²) in [5.41, 5.74) is 2.07. The molecular formula is C18H15N5O2. The number of methoxy groups -OCH3 is 1. The molecule has 0 unspecified atom stereocenters. The second kappa shape index (κ2) is 6.12. The van der Waals surface area contributed by atoms with Crippen molar-refractivity contribution in [2.45, 2.75) is 0 Å². The summed E-state index contributed by atoms with van der Waals surface area (Å²) in [6.07, 6.45) is 3.40. The lowest BCUT2D eigenvalue weighted by atomic mass is 10.3. The lowest BCUT2D eigenvalue weighted by molar-refractivity contribution is 0.414. The van der Waals surface area contributed by atoms with E-state index in [-0.39, 0.29) is 5.75 Å². The van der Waals surface area contributed by atoms with E-state index in [1.165, 1.54) is 0 Å². The molecule has 0 fully saturated rings. The maximum atomic E-state index is 9.88. The fourth-order valence-electron chi connectivity index (χ4n) is 2.49. The number of phenolic OH excluding ortho intramolecular Hbond substituents is 1. The lowest BCUT2D eigenvalue weighted by Crippen LogP contribution is -2.01. The molecule has 7 heteroatoms. The molecule has 7 nitrogen and oxygen atoms in total. The number of nitrogens with one attached hydrogen (secondary N) is 1. The van der Waals surface area contributed by atoms with Gasteiger partial charge in [-0.3, -0.25) is 0 Å². The SMILES string of the molecule is COc1ccc(-n2ncc3cnc(Nc4ccccc4O)nc32)cc1. The number of aromatic hydroxyl groups is 1. The third-order valence-corrected chi connectivity index (χ3v) is 3.78. The number of phenols is 1. The van der Waals surface area contributed by atoms with E-state index < -0.39 is 0 Å². The van der Waals surface area contributed by atoms with Crippen LogP contribution in [0.1, 0.15) is 0 Å². The summed E-state index contributed by atoms with van der Waals surface area (Å²) < 4.78 is 6.91. The maximum Gasteiger partial charge on any atom is 0.229 e. The molecule has 25 heavy (non-hydrogen) atoms. The third-order valence-electron chi connectivity index (χ3n) is 3.78. The van der Waals surface area contributed by atoms with Crippen molar-refractivity contribution in [1.29, 1.82) is 0 Å². The van der Waals surface area contributed by atoms with Crippen molar-refractivity contribution in [2.75, 3.05) is 12.4 Å². The average molecular weight is 333 g/mol. The quantitative estimate of drug-likeness (QED) is 0.558. The van der Waals surface area contributed by atoms with Crippen molar-refractivity contribution in [1.82, 2.24) is 19.7 Å². The van der Waals surface area contributed by atoms with E-state index in [0.717, 1.165) is 16.8 Å². The van der Waals surface area contributed by atoms with E-state index >= 15 is 0 Å². The highest BCUT2D eigenvalue weighted by Gasteiger charge is 2.10. The van der Waals surface area contributed by atoms with E-state index in [2.05, 4.69) is 20.4 Å². The van der Waals surface area contributed by atoms with Crippen LogP contribution in [-0.2, 0) is 0 Å². The van der Waals surface area contributed by atoms with Crippen molar-refractivity contribution < 1.29 is 9.84 Å². The number of nitrogens with zero attached hydrogens (tertiary/aromatic N) is 4. The number of aromatic nitrogens is 4. The summed E-state index contributed by atoms with van der Waals surface area (Å²) in [6.45, 7) is 0. The minimum Gasteiger partial charge on any atom is -0.506 e. The molecule has 0 spiro atoms. The van der Waals surface area contributed by atoms with Crippen LogP contribution in [-0.4, -0.2) is 32.0 Å². The first-order valence-corrected chi connectivity index (χ1v) is 7.65. The van der Waals surface area contributed by atoms with Crippen molar-refractivity contribution in [2.24, 2.45) is 0 Å². The van der Waals surface area contributed by atoms with E-state index in [9.17, 15) is 5.11 Å². The number of rotatable bonds is 4. The van der Waals surface area contributed by atoms with Crippen molar-refractivity contribution in [3.8, 4) is 17.2 Å². The van der Waals surface area contributed by atoms with E-state index in [0.29, 0.717) is 17.3 Å². The van der Waals surface area contributed by atoms with E-state index in [1.54, 1.807) is 42.4 Å². The van der Waals surface area contributed by atoms with Gasteiger partial charge in [-0.15, -0.1) is 0 Å². The molecular weight excluding hydrogens is 318 g/mol. The van der Waals surface area contributed by atoms with E-state index in [1.807, 2.05) is 30.3 Å². The number of anilines is 2. The predicted molar refractivity (Wildman–Crippen MR) is 94.6 cm³/mol. The highest BCUT2D eigenvalue weighted by Crippen LogP contribution is 2.25. The highest BCUT2D eigenvalue weighted by molar-refractivity contribution is 5.77. The molecule has 2 heterocycles. The van der Waals surface area contributed by atoms with Gasteiger partial charge in [-0.2, -0.15) is 10.1 Å². The van der Waals surface area contributed by atoms with Crippen molar-refractivity contribution in [3.63, 3.8) is 0 Å². The van der Waals surface area contributed by atoms with Crippen molar-refractivity contribution >= 4 is 22.7 Å². The molecule has 0 saturated carbocycles. The fourth-order valence-corrected chi connectivity index (χ4v) is 2.49. The molecule has 0 radical (unpaired) electrons.